The molecule has 28 heavy (non-hydrogen) atoms. The molecule has 1 heterocycles. The van der Waals surface area contributed by atoms with E-state index in [-0.39, 0.29) is 29.9 Å². The number of hydrogen-bond acceptors (Lipinski definition) is 4. The summed E-state index contributed by atoms with van der Waals surface area (Å²) in [6, 6.07) is 8.70. The van der Waals surface area contributed by atoms with Crippen molar-refractivity contribution >= 4 is 16.0 Å². The Hall–Kier alpha value is -2.25. The van der Waals surface area contributed by atoms with Gasteiger partial charge in [0.2, 0.25) is 10.0 Å². The van der Waals surface area contributed by atoms with Crippen LogP contribution >= 0.6 is 0 Å². The highest BCUT2D eigenvalue weighted by atomic mass is 32.2. The minimum Gasteiger partial charge on any atom is -0.426 e. The summed E-state index contributed by atoms with van der Waals surface area (Å²) in [6.07, 6.45) is 0.784. The number of aryl methyl sites for hydroxylation is 3. The highest BCUT2D eigenvalue weighted by Crippen LogP contribution is 2.29. The van der Waals surface area contributed by atoms with Crippen LogP contribution < -0.4 is 4.74 Å². The van der Waals surface area contributed by atoms with Crippen LogP contribution in [0.2, 0.25) is 0 Å². The Bertz CT molecular complexity index is 955. The molecule has 0 aromatic heterocycles. The number of nitrogens with zero attached hydrogens (tertiary/aromatic N) is 1. The Morgan fingerprint density at radius 1 is 1.04 bits per heavy atom. The first-order valence-electron chi connectivity index (χ1n) is 9.24. The van der Waals surface area contributed by atoms with Crippen LogP contribution in [0.4, 0.5) is 4.39 Å². The largest absolute Gasteiger partial charge is 0.426 e. The molecule has 1 aliphatic rings. The van der Waals surface area contributed by atoms with E-state index in [1.165, 1.54) is 16.4 Å². The van der Waals surface area contributed by atoms with E-state index in [9.17, 15) is 17.6 Å². The fraction of sp³-hybridized carbons (Fsp3) is 0.381. The van der Waals surface area contributed by atoms with Crippen molar-refractivity contribution in [3.8, 4) is 5.75 Å². The summed E-state index contributed by atoms with van der Waals surface area (Å²) in [5.41, 5.74) is 2.92. The Balaban J connectivity index is 1.65. The molecule has 0 unspecified atom stereocenters. The van der Waals surface area contributed by atoms with Gasteiger partial charge in [0.15, 0.2) is 0 Å². The van der Waals surface area contributed by atoms with Gasteiger partial charge in [0.25, 0.3) is 0 Å². The highest BCUT2D eigenvalue weighted by molar-refractivity contribution is 7.89. The number of carbonyl (C=O) groups excluding carboxylic acids is 1. The van der Waals surface area contributed by atoms with Gasteiger partial charge in [0.1, 0.15) is 11.6 Å². The van der Waals surface area contributed by atoms with Gasteiger partial charge in [-0.05, 0) is 69.0 Å². The van der Waals surface area contributed by atoms with Gasteiger partial charge < -0.3 is 4.74 Å². The maximum absolute atomic E-state index is 13.1. The second kappa shape index (κ2) is 8.01. The zero-order valence-corrected chi connectivity index (χ0v) is 17.1. The van der Waals surface area contributed by atoms with Crippen molar-refractivity contribution in [3.05, 3.63) is 58.9 Å². The van der Waals surface area contributed by atoms with Crippen molar-refractivity contribution in [1.29, 1.82) is 0 Å². The third-order valence-electron chi connectivity index (χ3n) is 5.05. The summed E-state index contributed by atoms with van der Waals surface area (Å²) in [4.78, 5) is 12.6. The maximum atomic E-state index is 13.1. The predicted molar refractivity (Wildman–Crippen MR) is 104 cm³/mol. The summed E-state index contributed by atoms with van der Waals surface area (Å²) < 4.78 is 45.4. The van der Waals surface area contributed by atoms with Gasteiger partial charge in [0, 0.05) is 13.1 Å². The lowest BCUT2D eigenvalue weighted by molar-refractivity contribution is -0.140. The summed E-state index contributed by atoms with van der Waals surface area (Å²) >= 11 is 0. The SMILES string of the molecule is Cc1cc(C)c(OC(=O)C2CCN(S(=O)(=O)c3ccc(F)cc3)CC2)c(C)c1. The molecule has 0 aliphatic carbocycles. The minimum absolute atomic E-state index is 0.0563. The molecule has 0 radical (unpaired) electrons. The second-order valence-electron chi connectivity index (χ2n) is 7.28. The Morgan fingerprint density at radius 3 is 2.11 bits per heavy atom. The topological polar surface area (TPSA) is 63.7 Å². The predicted octanol–water partition coefficient (Wildman–Crippen LogP) is 3.76. The Morgan fingerprint density at radius 2 is 1.57 bits per heavy atom. The van der Waals surface area contributed by atoms with Crippen molar-refractivity contribution in [1.82, 2.24) is 4.31 Å². The van der Waals surface area contributed by atoms with E-state index < -0.39 is 15.8 Å². The monoisotopic (exact) mass is 405 g/mol. The number of hydrogen-bond donors (Lipinski definition) is 0. The average molecular weight is 405 g/mol. The number of carbonyl (C=O) groups is 1. The van der Waals surface area contributed by atoms with Gasteiger partial charge in [-0.1, -0.05) is 17.7 Å². The van der Waals surface area contributed by atoms with Crippen molar-refractivity contribution in [2.75, 3.05) is 13.1 Å². The minimum atomic E-state index is -3.69. The molecular weight excluding hydrogens is 381 g/mol. The van der Waals surface area contributed by atoms with Gasteiger partial charge in [-0.15, -0.1) is 0 Å². The van der Waals surface area contributed by atoms with Crippen LogP contribution in [0.3, 0.4) is 0 Å². The van der Waals surface area contributed by atoms with Crippen LogP contribution in [0.15, 0.2) is 41.3 Å². The standard InChI is InChI=1S/C21H24FNO4S/c1-14-12-15(2)20(16(3)13-14)27-21(24)17-8-10-23(11-9-17)28(25,26)19-6-4-18(22)5-7-19/h4-7,12-13,17H,8-11H2,1-3H3. The Kier molecular flexibility index (Phi) is 5.86. The number of benzene rings is 2. The van der Waals surface area contributed by atoms with Gasteiger partial charge in [-0.3, -0.25) is 4.79 Å². The van der Waals surface area contributed by atoms with E-state index in [0.717, 1.165) is 28.8 Å². The summed E-state index contributed by atoms with van der Waals surface area (Å²) in [5.74, 6) is -0.576. The highest BCUT2D eigenvalue weighted by Gasteiger charge is 2.33. The molecule has 1 aliphatic heterocycles. The van der Waals surface area contributed by atoms with Crippen LogP contribution in [0.5, 0.6) is 5.75 Å². The lowest BCUT2D eigenvalue weighted by Crippen LogP contribution is -2.41. The van der Waals surface area contributed by atoms with E-state index in [4.69, 9.17) is 4.74 Å². The number of sulfonamides is 1. The van der Waals surface area contributed by atoms with Gasteiger partial charge in [0.05, 0.1) is 10.8 Å². The van der Waals surface area contributed by atoms with Crippen LogP contribution in [0, 0.1) is 32.5 Å². The zero-order valence-electron chi connectivity index (χ0n) is 16.2. The van der Waals surface area contributed by atoms with Crippen molar-refractivity contribution in [3.63, 3.8) is 0 Å². The maximum Gasteiger partial charge on any atom is 0.314 e. The molecule has 7 heteroatoms. The molecule has 3 rings (SSSR count). The zero-order chi connectivity index (χ0) is 20.5. The molecule has 0 saturated carbocycles. The number of piperidine rings is 1. The summed E-state index contributed by atoms with van der Waals surface area (Å²) in [6.45, 7) is 6.25. The number of rotatable bonds is 4. The lowest BCUT2D eigenvalue weighted by Gasteiger charge is -2.30. The molecule has 2 aromatic carbocycles. The number of halogens is 1. The fourth-order valence-electron chi connectivity index (χ4n) is 3.60. The molecule has 0 atom stereocenters. The third-order valence-corrected chi connectivity index (χ3v) is 6.96. The van der Waals surface area contributed by atoms with Gasteiger partial charge in [-0.25, -0.2) is 12.8 Å². The van der Waals surface area contributed by atoms with Crippen LogP contribution in [-0.2, 0) is 14.8 Å². The summed E-state index contributed by atoms with van der Waals surface area (Å²) in [5, 5.41) is 0. The van der Waals surface area contributed by atoms with E-state index in [0.29, 0.717) is 18.6 Å². The van der Waals surface area contributed by atoms with E-state index in [1.54, 1.807) is 0 Å². The molecule has 0 N–H and O–H groups in total. The van der Waals surface area contributed by atoms with Crippen LogP contribution in [0.1, 0.15) is 29.5 Å². The lowest BCUT2D eigenvalue weighted by atomic mass is 9.98. The molecule has 1 fully saturated rings. The molecule has 0 amide bonds. The molecule has 0 spiro atoms. The van der Waals surface area contributed by atoms with E-state index in [2.05, 4.69) is 0 Å². The van der Waals surface area contributed by atoms with E-state index in [1.807, 2.05) is 32.9 Å². The smallest absolute Gasteiger partial charge is 0.314 e. The molecule has 2 aromatic rings. The van der Waals surface area contributed by atoms with Crippen LogP contribution in [0.25, 0.3) is 0 Å². The second-order valence-corrected chi connectivity index (χ2v) is 9.22. The van der Waals surface area contributed by atoms with Crippen LogP contribution in [-0.4, -0.2) is 31.8 Å². The fourth-order valence-corrected chi connectivity index (χ4v) is 5.07. The van der Waals surface area contributed by atoms with Crippen molar-refractivity contribution in [2.24, 2.45) is 5.92 Å². The summed E-state index contributed by atoms with van der Waals surface area (Å²) in [7, 11) is -3.69. The molecular formula is C21H24FNO4S. The third kappa shape index (κ3) is 4.25. The number of ether oxygens (including phenoxy) is 1. The van der Waals surface area contributed by atoms with E-state index >= 15 is 0 Å². The molecule has 5 nitrogen and oxygen atoms in total. The first-order valence-corrected chi connectivity index (χ1v) is 10.7. The number of esters is 1. The Labute approximate surface area is 165 Å². The van der Waals surface area contributed by atoms with Crippen molar-refractivity contribution < 1.29 is 22.3 Å². The molecule has 150 valence electrons. The van der Waals surface area contributed by atoms with Gasteiger partial charge >= 0.3 is 5.97 Å². The average Bonchev–Trinajstić information content (AvgIpc) is 2.65. The first-order chi connectivity index (χ1) is 13.2. The molecule has 0 bridgehead atoms. The quantitative estimate of drug-likeness (QED) is 0.574. The van der Waals surface area contributed by atoms with Crippen molar-refractivity contribution in [2.45, 2.75) is 38.5 Å². The normalized spacial score (nSPS) is 16.1. The first kappa shape index (κ1) is 20.5. The molecule has 1 saturated heterocycles. The van der Waals surface area contributed by atoms with Gasteiger partial charge in [-0.2, -0.15) is 4.31 Å².